The van der Waals surface area contributed by atoms with Crippen molar-refractivity contribution in [1.82, 2.24) is 0 Å². The average molecular weight is 208 g/mol. The van der Waals surface area contributed by atoms with Crippen LogP contribution in [0.4, 0.5) is 0 Å². The van der Waals surface area contributed by atoms with Crippen molar-refractivity contribution in [3.8, 4) is 0 Å². The molecular weight excluding hydrogens is 203 g/mol. The van der Waals surface area contributed by atoms with Gasteiger partial charge in [0.25, 0.3) is 0 Å². The smallest absolute Gasteiger partial charge is 0.0942 e. The fraction of sp³-hybridized carbons (Fsp3) is 0.200. The fourth-order valence-electron chi connectivity index (χ4n) is 0.369. The Morgan fingerprint density at radius 2 is 2.57 bits per heavy atom. The maximum Gasteiger partial charge on any atom is 0.0942 e. The van der Waals surface area contributed by atoms with Crippen LogP contribution in [0.25, 0.3) is 0 Å². The van der Waals surface area contributed by atoms with Crippen LogP contribution in [0.5, 0.6) is 0 Å². The molecule has 38 valence electrons. The summed E-state index contributed by atoms with van der Waals surface area (Å²) in [6.07, 6.45) is 3.44. The van der Waals surface area contributed by atoms with Crippen LogP contribution in [0.2, 0.25) is 0 Å². The van der Waals surface area contributed by atoms with Gasteiger partial charge in [0.05, 0.1) is 12.5 Å². The van der Waals surface area contributed by atoms with Crippen LogP contribution >= 0.6 is 22.6 Å². The Hall–Kier alpha value is 0.01000. The number of furan rings is 1. The van der Waals surface area contributed by atoms with Crippen molar-refractivity contribution in [3.63, 3.8) is 0 Å². The zero-order valence-corrected chi connectivity index (χ0v) is 5.88. The van der Waals surface area contributed by atoms with Crippen molar-refractivity contribution in [2.45, 2.75) is 4.43 Å². The Morgan fingerprint density at radius 3 is 2.86 bits per heavy atom. The second kappa shape index (κ2) is 2.35. The zero-order chi connectivity index (χ0) is 5.11. The lowest BCUT2D eigenvalue weighted by atomic mass is 10.4. The first-order chi connectivity index (χ1) is 3.43. The molecule has 0 aliphatic rings. The summed E-state index contributed by atoms with van der Waals surface area (Å²) >= 11 is 2.29. The monoisotopic (exact) mass is 208 g/mol. The van der Waals surface area contributed by atoms with Crippen LogP contribution < -0.4 is 0 Å². The predicted molar refractivity (Wildman–Crippen MR) is 36.4 cm³/mol. The number of rotatable bonds is 1. The van der Waals surface area contributed by atoms with Crippen LogP contribution in [0.3, 0.4) is 0 Å². The molecule has 0 bridgehead atoms. The van der Waals surface area contributed by atoms with Crippen molar-refractivity contribution in [2.75, 3.05) is 0 Å². The molecule has 1 aromatic rings. The highest BCUT2D eigenvalue weighted by molar-refractivity contribution is 14.1. The summed E-state index contributed by atoms with van der Waals surface area (Å²) in [7, 11) is 0. The van der Waals surface area contributed by atoms with Crippen LogP contribution in [-0.2, 0) is 4.43 Å². The third-order valence-corrected chi connectivity index (χ3v) is 1.62. The van der Waals surface area contributed by atoms with Gasteiger partial charge in [0.2, 0.25) is 0 Å². The minimum absolute atomic E-state index is 1.04. The van der Waals surface area contributed by atoms with E-state index in [1.807, 2.05) is 6.07 Å². The molecule has 0 spiro atoms. The Balaban J connectivity index is 2.76. The van der Waals surface area contributed by atoms with Gasteiger partial charge < -0.3 is 4.42 Å². The molecule has 7 heavy (non-hydrogen) atoms. The first-order valence-corrected chi connectivity index (χ1v) is 3.53. The van der Waals surface area contributed by atoms with Gasteiger partial charge in [-0.1, -0.05) is 22.6 Å². The van der Waals surface area contributed by atoms with E-state index in [-0.39, 0.29) is 0 Å². The summed E-state index contributed by atoms with van der Waals surface area (Å²) in [6, 6.07) is 1.96. The normalized spacial score (nSPS) is 9.29. The Labute approximate surface area is 55.9 Å². The van der Waals surface area contributed by atoms with Gasteiger partial charge in [0.15, 0.2) is 0 Å². The molecule has 1 rings (SSSR count). The summed E-state index contributed by atoms with van der Waals surface area (Å²) in [5.74, 6) is 0. The van der Waals surface area contributed by atoms with Crippen molar-refractivity contribution in [3.05, 3.63) is 24.2 Å². The minimum atomic E-state index is 1.04. The standard InChI is InChI=1S/C5H5IO/c6-3-5-1-2-7-4-5/h1-2,4H,3H2. The lowest BCUT2D eigenvalue weighted by molar-refractivity contribution is 0.565. The molecule has 0 fully saturated rings. The van der Waals surface area contributed by atoms with E-state index in [1.54, 1.807) is 12.5 Å². The van der Waals surface area contributed by atoms with Crippen molar-refractivity contribution in [2.24, 2.45) is 0 Å². The van der Waals surface area contributed by atoms with Crippen LogP contribution in [0.1, 0.15) is 5.56 Å². The van der Waals surface area contributed by atoms with Gasteiger partial charge in [-0.2, -0.15) is 0 Å². The fourth-order valence-corrected chi connectivity index (χ4v) is 0.803. The molecule has 0 unspecified atom stereocenters. The summed E-state index contributed by atoms with van der Waals surface area (Å²) in [4.78, 5) is 0. The van der Waals surface area contributed by atoms with Gasteiger partial charge in [-0.15, -0.1) is 0 Å². The number of halogens is 1. The molecule has 1 heterocycles. The molecule has 0 saturated carbocycles. The predicted octanol–water partition coefficient (Wildman–Crippen LogP) is 2.21. The first kappa shape index (κ1) is 5.15. The summed E-state index contributed by atoms with van der Waals surface area (Å²) in [6.45, 7) is 0. The highest BCUT2D eigenvalue weighted by Crippen LogP contribution is 2.04. The van der Waals surface area contributed by atoms with E-state index in [0.717, 1.165) is 4.43 Å². The van der Waals surface area contributed by atoms with Gasteiger partial charge >= 0.3 is 0 Å². The molecule has 0 amide bonds. The third-order valence-electron chi connectivity index (χ3n) is 0.734. The second-order valence-corrected chi connectivity index (χ2v) is 2.03. The van der Waals surface area contributed by atoms with E-state index >= 15 is 0 Å². The largest absolute Gasteiger partial charge is 0.472 e. The van der Waals surface area contributed by atoms with Crippen LogP contribution in [0, 0.1) is 0 Å². The van der Waals surface area contributed by atoms with Gasteiger partial charge in [-0.3, -0.25) is 0 Å². The second-order valence-electron chi connectivity index (χ2n) is 1.27. The van der Waals surface area contributed by atoms with E-state index in [9.17, 15) is 0 Å². The van der Waals surface area contributed by atoms with E-state index in [0.29, 0.717) is 0 Å². The van der Waals surface area contributed by atoms with Crippen molar-refractivity contribution in [1.29, 1.82) is 0 Å². The number of alkyl halides is 1. The molecular formula is C5H5IO. The molecule has 0 aliphatic heterocycles. The molecule has 0 radical (unpaired) electrons. The lowest BCUT2D eigenvalue weighted by Crippen LogP contribution is -1.61. The number of hydrogen-bond donors (Lipinski definition) is 0. The first-order valence-electron chi connectivity index (χ1n) is 2.00. The summed E-state index contributed by atoms with van der Waals surface area (Å²) in [5, 5.41) is 0. The van der Waals surface area contributed by atoms with Gasteiger partial charge in [-0.05, 0) is 11.6 Å². The van der Waals surface area contributed by atoms with Crippen molar-refractivity contribution < 1.29 is 4.42 Å². The van der Waals surface area contributed by atoms with Crippen molar-refractivity contribution >= 4 is 22.6 Å². The molecule has 0 N–H and O–H groups in total. The Morgan fingerprint density at radius 1 is 1.71 bits per heavy atom. The third kappa shape index (κ3) is 1.19. The highest BCUT2D eigenvalue weighted by atomic mass is 127. The van der Waals surface area contributed by atoms with E-state index < -0.39 is 0 Å². The number of hydrogen-bond acceptors (Lipinski definition) is 1. The maximum atomic E-state index is 4.80. The molecule has 1 nitrogen and oxygen atoms in total. The summed E-state index contributed by atoms with van der Waals surface area (Å²) < 4.78 is 5.84. The average Bonchev–Trinajstić information content (AvgIpc) is 2.14. The molecule has 1 aromatic heterocycles. The lowest BCUT2D eigenvalue weighted by Gasteiger charge is -1.75. The minimum Gasteiger partial charge on any atom is -0.472 e. The molecule has 0 saturated heterocycles. The van der Waals surface area contributed by atoms with Gasteiger partial charge in [0.1, 0.15) is 0 Å². The highest BCUT2D eigenvalue weighted by Gasteiger charge is 1.85. The maximum absolute atomic E-state index is 4.80. The topological polar surface area (TPSA) is 13.1 Å². The van der Waals surface area contributed by atoms with Gasteiger partial charge in [0, 0.05) is 4.43 Å². The molecule has 0 aromatic carbocycles. The summed E-state index contributed by atoms with van der Waals surface area (Å²) in [5.41, 5.74) is 1.25. The van der Waals surface area contributed by atoms with Gasteiger partial charge in [-0.25, -0.2) is 0 Å². The van der Waals surface area contributed by atoms with Crippen LogP contribution in [0.15, 0.2) is 23.0 Å². The Bertz CT molecular complexity index is 123. The van der Waals surface area contributed by atoms with Crippen LogP contribution in [-0.4, -0.2) is 0 Å². The van der Waals surface area contributed by atoms with E-state index in [1.165, 1.54) is 5.56 Å². The molecule has 0 aliphatic carbocycles. The molecule has 0 atom stereocenters. The zero-order valence-electron chi connectivity index (χ0n) is 3.73. The quantitative estimate of drug-likeness (QED) is 0.509. The van der Waals surface area contributed by atoms with E-state index in [2.05, 4.69) is 22.6 Å². The molecule has 2 heteroatoms. The van der Waals surface area contributed by atoms with E-state index in [4.69, 9.17) is 4.42 Å². The SMILES string of the molecule is ICc1ccoc1. The Kier molecular flexibility index (Phi) is 1.73.